The van der Waals surface area contributed by atoms with Crippen LogP contribution >= 0.6 is 11.6 Å². The van der Waals surface area contributed by atoms with Crippen LogP contribution in [-0.4, -0.2) is 47.8 Å². The molecule has 3 rings (SSSR count). The first-order chi connectivity index (χ1) is 12.7. The van der Waals surface area contributed by atoms with Crippen LogP contribution in [0.5, 0.6) is 0 Å². The number of carbonyl (C=O) groups excluding carboxylic acids is 2. The number of carbonyl (C=O) groups is 2. The smallest absolute Gasteiger partial charge is 0.314 e. The van der Waals surface area contributed by atoms with Crippen molar-refractivity contribution in [2.45, 2.75) is 24.5 Å². The average Bonchev–Trinajstić information content (AvgIpc) is 3.06. The highest BCUT2D eigenvalue weighted by molar-refractivity contribution is 7.90. The van der Waals surface area contributed by atoms with Crippen molar-refractivity contribution in [2.24, 2.45) is 0 Å². The molecule has 1 atom stereocenters. The second-order valence-electron chi connectivity index (χ2n) is 6.21. The molecule has 11 heteroatoms. The Morgan fingerprint density at radius 1 is 1.26 bits per heavy atom. The quantitative estimate of drug-likeness (QED) is 0.623. The van der Waals surface area contributed by atoms with Gasteiger partial charge in [0.2, 0.25) is 0 Å². The summed E-state index contributed by atoms with van der Waals surface area (Å²) in [4.78, 5) is 24.1. The molecule has 1 aromatic heterocycles. The second kappa shape index (κ2) is 7.29. The van der Waals surface area contributed by atoms with Crippen LogP contribution < -0.4 is 10.6 Å². The number of nitrogens with zero attached hydrogens (tertiary/aromatic N) is 2. The summed E-state index contributed by atoms with van der Waals surface area (Å²) in [5, 5.41) is 18.7. The van der Waals surface area contributed by atoms with E-state index >= 15 is 0 Å². The van der Waals surface area contributed by atoms with Crippen LogP contribution in [0.1, 0.15) is 18.2 Å². The van der Waals surface area contributed by atoms with Gasteiger partial charge in [0.15, 0.2) is 9.84 Å². The van der Waals surface area contributed by atoms with Crippen LogP contribution in [0, 0.1) is 0 Å². The van der Waals surface area contributed by atoms with E-state index in [-0.39, 0.29) is 23.9 Å². The molecule has 0 spiro atoms. The van der Waals surface area contributed by atoms with E-state index in [4.69, 9.17) is 11.6 Å². The molecule has 0 radical (unpaired) electrons. The predicted octanol–water partition coefficient (Wildman–Crippen LogP) is 0.390. The van der Waals surface area contributed by atoms with E-state index in [1.54, 1.807) is 24.3 Å². The molecular formula is C16H17ClN4O5S. The number of anilines is 1. The summed E-state index contributed by atoms with van der Waals surface area (Å²) in [5.74, 6) is -2.33. The summed E-state index contributed by atoms with van der Waals surface area (Å²) < 4.78 is 25.2. The molecule has 0 aliphatic carbocycles. The number of rotatable bonds is 4. The van der Waals surface area contributed by atoms with Gasteiger partial charge in [0.25, 0.3) is 0 Å². The molecule has 2 heterocycles. The fourth-order valence-corrected chi connectivity index (χ4v) is 4.24. The lowest BCUT2D eigenvalue weighted by molar-refractivity contribution is -0.136. The molecule has 1 aliphatic rings. The molecule has 1 unspecified atom stereocenters. The van der Waals surface area contributed by atoms with Crippen LogP contribution in [0.3, 0.4) is 0 Å². The molecule has 0 saturated carbocycles. The van der Waals surface area contributed by atoms with Crippen molar-refractivity contribution in [1.82, 2.24) is 15.1 Å². The fraction of sp³-hybridized carbons (Fsp3) is 0.312. The van der Waals surface area contributed by atoms with E-state index in [1.165, 1.54) is 11.6 Å². The lowest BCUT2D eigenvalue weighted by atomic mass is 10.2. The molecule has 3 N–H and O–H groups in total. The Kier molecular flexibility index (Phi) is 5.22. The van der Waals surface area contributed by atoms with Gasteiger partial charge in [0, 0.05) is 17.1 Å². The Morgan fingerprint density at radius 2 is 1.93 bits per heavy atom. The summed E-state index contributed by atoms with van der Waals surface area (Å²) >= 11 is 5.89. The standard InChI is InChI=1S/C16H17ClN4O5S/c1-9(22)6-18-15(23)16(24)19-14-12-7-27(25,26)8-13(12)20-21(14)11-4-2-10(17)3-5-11/h2-5,9,22H,6-8H2,1H3,(H,18,23)(H,19,24). The number of hydrogen-bond acceptors (Lipinski definition) is 6. The lowest BCUT2D eigenvalue weighted by Gasteiger charge is -2.11. The average molecular weight is 413 g/mol. The number of nitrogens with one attached hydrogen (secondary N) is 2. The van der Waals surface area contributed by atoms with Gasteiger partial charge in [0.1, 0.15) is 5.82 Å². The first-order valence-corrected chi connectivity index (χ1v) is 10.2. The number of amides is 2. The molecule has 1 aromatic carbocycles. The molecule has 0 fully saturated rings. The van der Waals surface area contributed by atoms with Gasteiger partial charge in [0.05, 0.1) is 29.0 Å². The van der Waals surface area contributed by atoms with E-state index in [0.29, 0.717) is 22.0 Å². The van der Waals surface area contributed by atoms with Gasteiger partial charge in [-0.3, -0.25) is 9.59 Å². The van der Waals surface area contributed by atoms with E-state index in [0.717, 1.165) is 0 Å². The maximum Gasteiger partial charge on any atom is 0.314 e. The van der Waals surface area contributed by atoms with E-state index in [1.807, 2.05) is 0 Å². The number of aliphatic hydroxyl groups excluding tert-OH is 1. The third kappa shape index (κ3) is 4.29. The molecule has 144 valence electrons. The van der Waals surface area contributed by atoms with Gasteiger partial charge >= 0.3 is 11.8 Å². The van der Waals surface area contributed by atoms with Crippen molar-refractivity contribution in [2.75, 3.05) is 11.9 Å². The zero-order valence-corrected chi connectivity index (χ0v) is 15.8. The Labute approximate surface area is 160 Å². The third-order valence-electron chi connectivity index (χ3n) is 3.85. The topological polar surface area (TPSA) is 130 Å². The van der Waals surface area contributed by atoms with Gasteiger partial charge in [-0.05, 0) is 31.2 Å². The lowest BCUT2D eigenvalue weighted by Crippen LogP contribution is -2.39. The molecule has 1 aliphatic heterocycles. The zero-order valence-electron chi connectivity index (χ0n) is 14.3. The molecule has 9 nitrogen and oxygen atoms in total. The Bertz CT molecular complexity index is 999. The Morgan fingerprint density at radius 3 is 2.56 bits per heavy atom. The monoisotopic (exact) mass is 412 g/mol. The molecule has 27 heavy (non-hydrogen) atoms. The number of sulfone groups is 1. The summed E-state index contributed by atoms with van der Waals surface area (Å²) in [5.41, 5.74) is 1.22. The van der Waals surface area contributed by atoms with Crippen LogP contribution in [0.15, 0.2) is 24.3 Å². The van der Waals surface area contributed by atoms with Crippen molar-refractivity contribution >= 4 is 39.1 Å². The minimum absolute atomic E-state index is 0.0881. The maximum atomic E-state index is 12.2. The number of hydrogen-bond donors (Lipinski definition) is 3. The number of benzene rings is 1. The minimum Gasteiger partial charge on any atom is -0.392 e. The first kappa shape index (κ1) is 19.3. The minimum atomic E-state index is -3.35. The predicted molar refractivity (Wildman–Crippen MR) is 98.2 cm³/mol. The normalized spacial score (nSPS) is 15.8. The molecule has 2 amide bonds. The molecule has 0 bridgehead atoms. The van der Waals surface area contributed by atoms with Crippen molar-refractivity contribution < 1.29 is 23.1 Å². The molecule has 2 aromatic rings. The van der Waals surface area contributed by atoms with Gasteiger partial charge in [-0.25, -0.2) is 13.1 Å². The summed E-state index contributed by atoms with van der Waals surface area (Å²) in [6.45, 7) is 1.38. The number of halogens is 1. The van der Waals surface area contributed by atoms with Crippen LogP contribution in [0.4, 0.5) is 5.82 Å². The van der Waals surface area contributed by atoms with Gasteiger partial charge < -0.3 is 15.7 Å². The summed E-state index contributed by atoms with van der Waals surface area (Å²) in [6.07, 6.45) is -0.810. The van der Waals surface area contributed by atoms with Gasteiger partial charge in [-0.2, -0.15) is 5.10 Å². The van der Waals surface area contributed by atoms with Crippen molar-refractivity contribution in [1.29, 1.82) is 0 Å². The molecule has 0 saturated heterocycles. The second-order valence-corrected chi connectivity index (χ2v) is 8.71. The summed E-state index contributed by atoms with van der Waals surface area (Å²) in [6, 6.07) is 6.56. The molecular weight excluding hydrogens is 396 g/mol. The van der Waals surface area contributed by atoms with Gasteiger partial charge in [-0.15, -0.1) is 0 Å². The SMILES string of the molecule is CC(O)CNC(=O)C(=O)Nc1c2c(nn1-c1ccc(Cl)cc1)CS(=O)(=O)C2. The van der Waals surface area contributed by atoms with Crippen molar-refractivity contribution in [3.8, 4) is 5.69 Å². The Balaban J connectivity index is 1.94. The Hall–Kier alpha value is -2.43. The number of aromatic nitrogens is 2. The third-order valence-corrected chi connectivity index (χ3v) is 5.55. The van der Waals surface area contributed by atoms with Gasteiger partial charge in [-0.1, -0.05) is 11.6 Å². The number of aliphatic hydroxyl groups is 1. The van der Waals surface area contributed by atoms with Crippen LogP contribution in [0.25, 0.3) is 5.69 Å². The fourth-order valence-electron chi connectivity index (χ4n) is 2.62. The van der Waals surface area contributed by atoms with E-state index in [2.05, 4.69) is 15.7 Å². The van der Waals surface area contributed by atoms with E-state index in [9.17, 15) is 23.1 Å². The van der Waals surface area contributed by atoms with Crippen LogP contribution in [-0.2, 0) is 30.9 Å². The highest BCUT2D eigenvalue weighted by Crippen LogP contribution is 2.33. The number of fused-ring (bicyclic) bond motifs is 1. The van der Waals surface area contributed by atoms with Crippen molar-refractivity contribution in [3.05, 3.63) is 40.5 Å². The summed E-state index contributed by atoms with van der Waals surface area (Å²) in [7, 11) is -3.35. The highest BCUT2D eigenvalue weighted by Gasteiger charge is 2.33. The van der Waals surface area contributed by atoms with Crippen LogP contribution in [0.2, 0.25) is 5.02 Å². The maximum absolute atomic E-state index is 12.2. The largest absolute Gasteiger partial charge is 0.392 e. The highest BCUT2D eigenvalue weighted by atomic mass is 35.5. The van der Waals surface area contributed by atoms with Crippen molar-refractivity contribution in [3.63, 3.8) is 0 Å². The van der Waals surface area contributed by atoms with E-state index < -0.39 is 27.8 Å². The zero-order chi connectivity index (χ0) is 19.8. The first-order valence-electron chi connectivity index (χ1n) is 8.00.